The molecule has 4 rings (SSSR count). The number of aromatic nitrogens is 3. The number of aryl methyl sites for hydroxylation is 1. The van der Waals surface area contributed by atoms with Gasteiger partial charge >= 0.3 is 0 Å². The first-order chi connectivity index (χ1) is 13.7. The van der Waals surface area contributed by atoms with Crippen molar-refractivity contribution < 1.29 is 9.21 Å². The molecule has 3 aromatic rings. The van der Waals surface area contributed by atoms with Crippen molar-refractivity contribution in [3.8, 4) is 11.4 Å². The van der Waals surface area contributed by atoms with Crippen LogP contribution in [0.3, 0.4) is 0 Å². The number of likely N-dealkylation sites (tertiary alicyclic amines) is 1. The van der Waals surface area contributed by atoms with Crippen molar-refractivity contribution in [2.24, 2.45) is 0 Å². The molecule has 7 heteroatoms. The fourth-order valence-corrected chi connectivity index (χ4v) is 4.32. The number of piperidine rings is 1. The lowest BCUT2D eigenvalue weighted by Gasteiger charge is -2.26. The number of nitrogens with zero attached hydrogens (tertiary/aromatic N) is 4. The zero-order valence-corrected chi connectivity index (χ0v) is 16.8. The molecule has 0 unspecified atom stereocenters. The van der Waals surface area contributed by atoms with Crippen LogP contribution in [0.5, 0.6) is 0 Å². The Morgan fingerprint density at radius 1 is 1.11 bits per heavy atom. The van der Waals surface area contributed by atoms with Gasteiger partial charge in [0.25, 0.3) is 0 Å². The Bertz CT molecular complexity index is 929. The summed E-state index contributed by atoms with van der Waals surface area (Å²) < 4.78 is 7.53. The zero-order chi connectivity index (χ0) is 19.3. The van der Waals surface area contributed by atoms with E-state index in [1.54, 1.807) is 6.26 Å². The molecule has 3 heterocycles. The predicted molar refractivity (Wildman–Crippen MR) is 109 cm³/mol. The van der Waals surface area contributed by atoms with Crippen LogP contribution in [-0.4, -0.2) is 44.4 Å². The maximum Gasteiger partial charge on any atom is 0.233 e. The van der Waals surface area contributed by atoms with E-state index in [1.165, 1.54) is 18.2 Å². The quantitative estimate of drug-likeness (QED) is 0.589. The molecule has 1 amide bonds. The van der Waals surface area contributed by atoms with Gasteiger partial charge in [-0.25, -0.2) is 0 Å². The van der Waals surface area contributed by atoms with Crippen LogP contribution in [0.1, 0.15) is 30.6 Å². The van der Waals surface area contributed by atoms with Gasteiger partial charge in [-0.3, -0.25) is 9.36 Å². The van der Waals surface area contributed by atoms with Gasteiger partial charge < -0.3 is 9.32 Å². The Kier molecular flexibility index (Phi) is 5.81. The van der Waals surface area contributed by atoms with Crippen molar-refractivity contribution in [3.63, 3.8) is 0 Å². The lowest BCUT2D eigenvalue weighted by molar-refractivity contribution is -0.129. The molecule has 1 aromatic carbocycles. The molecule has 1 saturated heterocycles. The summed E-state index contributed by atoms with van der Waals surface area (Å²) in [6.45, 7) is 4.31. The second-order valence-corrected chi connectivity index (χ2v) is 7.94. The van der Waals surface area contributed by atoms with E-state index in [9.17, 15) is 4.79 Å². The average Bonchev–Trinajstić information content (AvgIpc) is 3.33. The Morgan fingerprint density at radius 3 is 2.61 bits per heavy atom. The number of rotatable bonds is 6. The van der Waals surface area contributed by atoms with Crippen molar-refractivity contribution in [3.05, 3.63) is 54.0 Å². The van der Waals surface area contributed by atoms with Crippen LogP contribution >= 0.6 is 11.8 Å². The number of thioether (sulfide) groups is 1. The lowest BCUT2D eigenvalue weighted by atomic mass is 10.1. The van der Waals surface area contributed by atoms with Gasteiger partial charge in [0.15, 0.2) is 11.0 Å². The van der Waals surface area contributed by atoms with Gasteiger partial charge in [-0.05, 0) is 37.8 Å². The van der Waals surface area contributed by atoms with Crippen molar-refractivity contribution >= 4 is 17.7 Å². The number of hydrogen-bond donors (Lipinski definition) is 0. The maximum absolute atomic E-state index is 12.6. The molecule has 0 aliphatic carbocycles. The zero-order valence-electron chi connectivity index (χ0n) is 16.0. The highest BCUT2D eigenvalue weighted by molar-refractivity contribution is 7.99. The third-order valence-corrected chi connectivity index (χ3v) is 5.99. The van der Waals surface area contributed by atoms with Gasteiger partial charge in [0.2, 0.25) is 5.91 Å². The van der Waals surface area contributed by atoms with Gasteiger partial charge in [0, 0.05) is 13.1 Å². The lowest BCUT2D eigenvalue weighted by Crippen LogP contribution is -2.36. The Labute approximate surface area is 168 Å². The molecule has 6 nitrogen and oxygen atoms in total. The number of amides is 1. The van der Waals surface area contributed by atoms with Gasteiger partial charge in [-0.2, -0.15) is 0 Å². The Balaban J connectivity index is 1.57. The molecule has 0 radical (unpaired) electrons. The standard InChI is InChI=1S/C21H24N4O2S/c1-16-18(10-13-27-16)20-22-23-21(25(20)14-17-8-4-2-5-9-17)28-15-19(26)24-11-6-3-7-12-24/h2,4-5,8-10,13H,3,6-7,11-12,14-15H2,1H3. The van der Waals surface area contributed by atoms with Crippen molar-refractivity contribution in [1.82, 2.24) is 19.7 Å². The SMILES string of the molecule is Cc1occc1-c1nnc(SCC(=O)N2CCCCC2)n1Cc1ccccc1. The van der Waals surface area contributed by atoms with E-state index >= 15 is 0 Å². The highest BCUT2D eigenvalue weighted by Crippen LogP contribution is 2.28. The van der Waals surface area contributed by atoms with Crippen LogP contribution in [0.25, 0.3) is 11.4 Å². The van der Waals surface area contributed by atoms with Gasteiger partial charge in [-0.1, -0.05) is 42.1 Å². The summed E-state index contributed by atoms with van der Waals surface area (Å²) in [5, 5.41) is 9.56. The molecule has 0 atom stereocenters. The largest absolute Gasteiger partial charge is 0.469 e. The van der Waals surface area contributed by atoms with Crippen LogP contribution in [0, 0.1) is 6.92 Å². The summed E-state index contributed by atoms with van der Waals surface area (Å²) >= 11 is 1.46. The van der Waals surface area contributed by atoms with Crippen molar-refractivity contribution in [1.29, 1.82) is 0 Å². The molecule has 1 aliphatic rings. The summed E-state index contributed by atoms with van der Waals surface area (Å²) in [6, 6.07) is 12.1. The molecular weight excluding hydrogens is 372 g/mol. The minimum absolute atomic E-state index is 0.181. The Morgan fingerprint density at radius 2 is 1.89 bits per heavy atom. The normalized spacial score (nSPS) is 14.4. The van der Waals surface area contributed by atoms with Crippen molar-refractivity contribution in [2.45, 2.75) is 37.9 Å². The second kappa shape index (κ2) is 8.65. The summed E-state index contributed by atoms with van der Waals surface area (Å²) in [4.78, 5) is 14.5. The van der Waals surface area contributed by atoms with E-state index in [-0.39, 0.29) is 5.91 Å². The smallest absolute Gasteiger partial charge is 0.233 e. The second-order valence-electron chi connectivity index (χ2n) is 7.00. The van der Waals surface area contributed by atoms with Gasteiger partial charge in [0.05, 0.1) is 24.1 Å². The van der Waals surface area contributed by atoms with Crippen LogP contribution in [0.4, 0.5) is 0 Å². The average molecular weight is 397 g/mol. The van der Waals surface area contributed by atoms with E-state index in [1.807, 2.05) is 36.1 Å². The molecule has 1 fully saturated rings. The minimum Gasteiger partial charge on any atom is -0.469 e. The van der Waals surface area contributed by atoms with Crippen molar-refractivity contribution in [2.75, 3.05) is 18.8 Å². The number of benzene rings is 1. The summed E-state index contributed by atoms with van der Waals surface area (Å²) in [5.41, 5.74) is 2.09. The van der Waals surface area contributed by atoms with E-state index in [0.717, 1.165) is 53.8 Å². The molecule has 1 aliphatic heterocycles. The topological polar surface area (TPSA) is 64.2 Å². The molecule has 0 bridgehead atoms. The fourth-order valence-electron chi connectivity index (χ4n) is 3.48. The minimum atomic E-state index is 0.181. The molecule has 146 valence electrons. The maximum atomic E-state index is 12.6. The molecule has 28 heavy (non-hydrogen) atoms. The highest BCUT2D eigenvalue weighted by Gasteiger charge is 2.21. The monoisotopic (exact) mass is 396 g/mol. The summed E-state index contributed by atoms with van der Waals surface area (Å²) in [7, 11) is 0. The first-order valence-corrected chi connectivity index (χ1v) is 10.6. The summed E-state index contributed by atoms with van der Waals surface area (Å²) in [5.74, 6) is 2.14. The van der Waals surface area contributed by atoms with E-state index in [2.05, 4.69) is 26.9 Å². The molecule has 0 spiro atoms. The first kappa shape index (κ1) is 18.8. The fraction of sp³-hybridized carbons (Fsp3) is 0.381. The third kappa shape index (κ3) is 4.14. The predicted octanol–water partition coefficient (Wildman–Crippen LogP) is 4.00. The Hall–Kier alpha value is -2.54. The summed E-state index contributed by atoms with van der Waals surface area (Å²) in [6.07, 6.45) is 5.09. The van der Waals surface area contributed by atoms with E-state index in [0.29, 0.717) is 12.3 Å². The third-order valence-electron chi connectivity index (χ3n) is 5.03. The van der Waals surface area contributed by atoms with Crippen LogP contribution in [0.2, 0.25) is 0 Å². The van der Waals surface area contributed by atoms with Crippen LogP contribution in [-0.2, 0) is 11.3 Å². The van der Waals surface area contributed by atoms with Gasteiger partial charge in [-0.15, -0.1) is 10.2 Å². The molecule has 2 aromatic heterocycles. The van der Waals surface area contributed by atoms with Gasteiger partial charge in [0.1, 0.15) is 5.76 Å². The van der Waals surface area contributed by atoms with Crippen LogP contribution in [0.15, 0.2) is 52.2 Å². The molecule has 0 saturated carbocycles. The van der Waals surface area contributed by atoms with E-state index < -0.39 is 0 Å². The highest BCUT2D eigenvalue weighted by atomic mass is 32.2. The molecular formula is C21H24N4O2S. The van der Waals surface area contributed by atoms with E-state index in [4.69, 9.17) is 4.42 Å². The van der Waals surface area contributed by atoms with Crippen LogP contribution < -0.4 is 0 Å². The molecule has 0 N–H and O–H groups in total. The number of furan rings is 1. The number of carbonyl (C=O) groups excluding carboxylic acids is 1. The number of hydrogen-bond acceptors (Lipinski definition) is 5. The first-order valence-electron chi connectivity index (χ1n) is 9.64. The number of carbonyl (C=O) groups is 1.